The van der Waals surface area contributed by atoms with Crippen LogP contribution in [0.5, 0.6) is 0 Å². The third-order valence-electron chi connectivity index (χ3n) is 2.54. The Morgan fingerprint density at radius 3 is 2.79 bits per heavy atom. The Morgan fingerprint density at radius 1 is 1.42 bits per heavy atom. The Balaban J connectivity index is 1.82. The molecule has 0 aliphatic carbocycles. The maximum atomic E-state index is 11.8. The molecule has 0 spiro atoms. The molecule has 1 atom stereocenters. The van der Waals surface area contributed by atoms with Crippen LogP contribution in [0.25, 0.3) is 0 Å². The molecule has 0 unspecified atom stereocenters. The quantitative estimate of drug-likeness (QED) is 0.899. The van der Waals surface area contributed by atoms with Crippen LogP contribution in [0.2, 0.25) is 0 Å². The average Bonchev–Trinajstić information content (AvgIpc) is 2.83. The summed E-state index contributed by atoms with van der Waals surface area (Å²) < 4.78 is 1.62. The van der Waals surface area contributed by atoms with Crippen LogP contribution in [0.4, 0.5) is 5.69 Å². The lowest BCUT2D eigenvalue weighted by molar-refractivity contribution is -0.113. The highest BCUT2D eigenvalue weighted by Gasteiger charge is 2.14. The van der Waals surface area contributed by atoms with Crippen LogP contribution >= 0.6 is 11.8 Å². The SMILES string of the molecule is C[C@@H](SCC(=O)Nc1ccccc1)c1nnnn1C. The second-order valence-corrected chi connectivity index (χ2v) is 5.36. The number of nitrogens with zero attached hydrogens (tertiary/aromatic N) is 4. The summed E-state index contributed by atoms with van der Waals surface area (Å²) in [7, 11) is 1.79. The van der Waals surface area contributed by atoms with Crippen molar-refractivity contribution in [1.82, 2.24) is 20.2 Å². The number of nitrogens with one attached hydrogen (secondary N) is 1. The number of thioether (sulfide) groups is 1. The molecule has 1 aromatic carbocycles. The van der Waals surface area contributed by atoms with Gasteiger partial charge in [0.1, 0.15) is 0 Å². The van der Waals surface area contributed by atoms with Gasteiger partial charge in [0.2, 0.25) is 5.91 Å². The molecule has 0 saturated carbocycles. The highest BCUT2D eigenvalue weighted by molar-refractivity contribution is 8.00. The van der Waals surface area contributed by atoms with Crippen LogP contribution in [0.1, 0.15) is 18.0 Å². The van der Waals surface area contributed by atoms with Gasteiger partial charge in [0.25, 0.3) is 0 Å². The maximum Gasteiger partial charge on any atom is 0.234 e. The van der Waals surface area contributed by atoms with Gasteiger partial charge in [0.05, 0.1) is 11.0 Å². The smallest absolute Gasteiger partial charge is 0.234 e. The third-order valence-corrected chi connectivity index (χ3v) is 3.68. The summed E-state index contributed by atoms with van der Waals surface area (Å²) in [5, 5.41) is 14.2. The van der Waals surface area contributed by atoms with E-state index in [1.165, 1.54) is 11.8 Å². The lowest BCUT2D eigenvalue weighted by Gasteiger charge is -2.09. The Kier molecular flexibility index (Phi) is 4.51. The summed E-state index contributed by atoms with van der Waals surface area (Å²) in [4.78, 5) is 11.8. The monoisotopic (exact) mass is 277 g/mol. The molecule has 0 aliphatic rings. The fourth-order valence-electron chi connectivity index (χ4n) is 1.57. The molecular formula is C12H15N5OS. The molecule has 1 amide bonds. The number of hydrogen-bond acceptors (Lipinski definition) is 5. The minimum atomic E-state index is -0.0295. The summed E-state index contributed by atoms with van der Waals surface area (Å²) >= 11 is 1.50. The number of carbonyl (C=O) groups is 1. The summed E-state index contributed by atoms with van der Waals surface area (Å²) in [6, 6.07) is 9.40. The van der Waals surface area contributed by atoms with Gasteiger partial charge in [-0.15, -0.1) is 16.9 Å². The fourth-order valence-corrected chi connectivity index (χ4v) is 2.40. The van der Waals surface area contributed by atoms with E-state index in [2.05, 4.69) is 20.8 Å². The van der Waals surface area contributed by atoms with E-state index >= 15 is 0 Å². The summed E-state index contributed by atoms with van der Waals surface area (Å²) in [6.45, 7) is 1.98. The molecule has 7 heteroatoms. The lowest BCUT2D eigenvalue weighted by Crippen LogP contribution is -2.15. The van der Waals surface area contributed by atoms with Crippen LogP contribution in [0.3, 0.4) is 0 Å². The minimum absolute atomic E-state index is 0.0295. The van der Waals surface area contributed by atoms with Crippen LogP contribution in [0.15, 0.2) is 30.3 Å². The van der Waals surface area contributed by atoms with Crippen molar-refractivity contribution in [1.29, 1.82) is 0 Å². The van der Waals surface area contributed by atoms with Gasteiger partial charge < -0.3 is 5.32 Å². The molecule has 0 fully saturated rings. The van der Waals surface area contributed by atoms with Gasteiger partial charge in [-0.3, -0.25) is 4.79 Å². The van der Waals surface area contributed by atoms with Crippen molar-refractivity contribution in [3.63, 3.8) is 0 Å². The first kappa shape index (κ1) is 13.5. The van der Waals surface area contributed by atoms with Gasteiger partial charge >= 0.3 is 0 Å². The molecule has 19 heavy (non-hydrogen) atoms. The van der Waals surface area contributed by atoms with Crippen molar-refractivity contribution < 1.29 is 4.79 Å². The van der Waals surface area contributed by atoms with E-state index in [1.54, 1.807) is 11.7 Å². The number of aromatic nitrogens is 4. The van der Waals surface area contributed by atoms with Gasteiger partial charge in [-0.05, 0) is 29.5 Å². The molecular weight excluding hydrogens is 262 g/mol. The number of amides is 1. The zero-order chi connectivity index (χ0) is 13.7. The molecule has 0 bridgehead atoms. The third kappa shape index (κ3) is 3.78. The van der Waals surface area contributed by atoms with Crippen molar-refractivity contribution >= 4 is 23.4 Å². The number of rotatable bonds is 5. The van der Waals surface area contributed by atoms with E-state index in [1.807, 2.05) is 37.3 Å². The minimum Gasteiger partial charge on any atom is -0.325 e. The van der Waals surface area contributed by atoms with Crippen molar-refractivity contribution in [2.75, 3.05) is 11.1 Å². The van der Waals surface area contributed by atoms with E-state index in [0.29, 0.717) is 5.75 Å². The molecule has 2 aromatic rings. The largest absolute Gasteiger partial charge is 0.325 e. The van der Waals surface area contributed by atoms with Crippen molar-refractivity contribution in [2.45, 2.75) is 12.2 Å². The first-order chi connectivity index (χ1) is 9.16. The van der Waals surface area contributed by atoms with E-state index in [0.717, 1.165) is 11.5 Å². The first-order valence-corrected chi connectivity index (χ1v) is 6.90. The molecule has 100 valence electrons. The number of aryl methyl sites for hydroxylation is 1. The molecule has 2 rings (SSSR count). The van der Waals surface area contributed by atoms with Crippen LogP contribution < -0.4 is 5.32 Å². The number of hydrogen-bond donors (Lipinski definition) is 1. The zero-order valence-electron chi connectivity index (χ0n) is 10.8. The highest BCUT2D eigenvalue weighted by atomic mass is 32.2. The molecule has 0 aliphatic heterocycles. The van der Waals surface area contributed by atoms with E-state index in [-0.39, 0.29) is 11.2 Å². The number of tetrazole rings is 1. The van der Waals surface area contributed by atoms with Crippen LogP contribution in [0, 0.1) is 0 Å². The van der Waals surface area contributed by atoms with Crippen molar-refractivity contribution in [3.05, 3.63) is 36.2 Å². The van der Waals surface area contributed by atoms with Gasteiger partial charge in [0.15, 0.2) is 5.82 Å². The van der Waals surface area contributed by atoms with Gasteiger partial charge in [-0.25, -0.2) is 4.68 Å². The van der Waals surface area contributed by atoms with Gasteiger partial charge in [-0.2, -0.15) is 0 Å². The molecule has 1 N–H and O–H groups in total. The average molecular weight is 277 g/mol. The summed E-state index contributed by atoms with van der Waals surface area (Å²) in [6.07, 6.45) is 0. The summed E-state index contributed by atoms with van der Waals surface area (Å²) in [5.41, 5.74) is 0.807. The van der Waals surface area contributed by atoms with E-state index in [4.69, 9.17) is 0 Å². The summed E-state index contributed by atoms with van der Waals surface area (Å²) in [5.74, 6) is 1.10. The number of para-hydroxylation sites is 1. The number of anilines is 1. The molecule has 1 heterocycles. The fraction of sp³-hybridized carbons (Fsp3) is 0.333. The topological polar surface area (TPSA) is 72.7 Å². The number of benzene rings is 1. The normalized spacial score (nSPS) is 12.1. The van der Waals surface area contributed by atoms with Crippen LogP contribution in [-0.4, -0.2) is 31.9 Å². The number of carbonyl (C=O) groups excluding carboxylic acids is 1. The highest BCUT2D eigenvalue weighted by Crippen LogP contribution is 2.25. The molecule has 0 radical (unpaired) electrons. The van der Waals surface area contributed by atoms with E-state index < -0.39 is 0 Å². The zero-order valence-corrected chi connectivity index (χ0v) is 11.6. The Bertz CT molecular complexity index is 542. The molecule has 6 nitrogen and oxygen atoms in total. The second kappa shape index (κ2) is 6.33. The second-order valence-electron chi connectivity index (χ2n) is 4.03. The first-order valence-electron chi connectivity index (χ1n) is 5.85. The standard InChI is InChI=1S/C12H15N5OS/c1-9(12-14-15-16-17(12)2)19-8-11(18)13-10-6-4-3-5-7-10/h3-7,9H,8H2,1-2H3,(H,13,18)/t9-/m1/s1. The maximum absolute atomic E-state index is 11.8. The van der Waals surface area contributed by atoms with Crippen molar-refractivity contribution in [2.24, 2.45) is 7.05 Å². The predicted octanol–water partition coefficient (Wildman–Crippen LogP) is 1.64. The van der Waals surface area contributed by atoms with E-state index in [9.17, 15) is 4.79 Å². The van der Waals surface area contributed by atoms with Crippen molar-refractivity contribution in [3.8, 4) is 0 Å². The predicted molar refractivity (Wildman–Crippen MR) is 74.7 cm³/mol. The van der Waals surface area contributed by atoms with Gasteiger partial charge in [-0.1, -0.05) is 18.2 Å². The Morgan fingerprint density at radius 2 is 2.16 bits per heavy atom. The lowest BCUT2D eigenvalue weighted by atomic mass is 10.3. The van der Waals surface area contributed by atoms with Crippen LogP contribution in [-0.2, 0) is 11.8 Å². The Labute approximate surface area is 115 Å². The van der Waals surface area contributed by atoms with Gasteiger partial charge in [0, 0.05) is 12.7 Å². The Hall–Kier alpha value is -1.89. The molecule has 1 aromatic heterocycles. The molecule has 0 saturated heterocycles.